The fraction of sp³-hybridized carbons (Fsp3) is 0.440. The normalized spacial score (nSPS) is 23.1. The topological polar surface area (TPSA) is 94.8 Å². The second-order valence-corrected chi connectivity index (χ2v) is 10.8. The number of aliphatic carboxylic acids is 1. The van der Waals surface area contributed by atoms with Crippen molar-refractivity contribution in [1.29, 1.82) is 0 Å². The molecule has 2 aromatic carbocycles. The minimum Gasteiger partial charge on any atom is -0.481 e. The average molecular weight is 475 g/mol. The lowest BCUT2D eigenvalue weighted by Crippen LogP contribution is -2.27. The van der Waals surface area contributed by atoms with E-state index in [4.69, 9.17) is 5.11 Å². The van der Waals surface area contributed by atoms with Gasteiger partial charge in [-0.05, 0) is 41.2 Å². The second-order valence-electron chi connectivity index (χ2n) is 8.48. The van der Waals surface area contributed by atoms with Gasteiger partial charge in [-0.2, -0.15) is 11.8 Å². The summed E-state index contributed by atoms with van der Waals surface area (Å²) in [6.45, 7) is 1.74. The molecule has 3 rings (SSSR count). The molecule has 0 amide bonds. The van der Waals surface area contributed by atoms with Crippen LogP contribution in [0.2, 0.25) is 0 Å². The Hall–Kier alpha value is -1.80. The maximum Gasteiger partial charge on any atom is 0.313 e. The van der Waals surface area contributed by atoms with Crippen molar-refractivity contribution in [1.82, 2.24) is 0 Å². The van der Waals surface area contributed by atoms with Crippen LogP contribution in [0.25, 0.3) is 10.8 Å². The molecular formula is C25H30O5S2. The van der Waals surface area contributed by atoms with Crippen molar-refractivity contribution in [3.05, 3.63) is 60.2 Å². The van der Waals surface area contributed by atoms with Crippen LogP contribution in [0.1, 0.15) is 25.3 Å². The van der Waals surface area contributed by atoms with Crippen molar-refractivity contribution in [2.45, 2.75) is 43.1 Å². The third-order valence-corrected chi connectivity index (χ3v) is 8.02. The highest BCUT2D eigenvalue weighted by atomic mass is 32.2. The van der Waals surface area contributed by atoms with Gasteiger partial charge in [-0.1, -0.05) is 54.6 Å². The zero-order valence-corrected chi connectivity index (χ0v) is 19.8. The Morgan fingerprint density at radius 1 is 1.19 bits per heavy atom. The zero-order valence-electron chi connectivity index (χ0n) is 18.1. The van der Waals surface area contributed by atoms with E-state index < -0.39 is 17.7 Å². The predicted molar refractivity (Wildman–Crippen MR) is 132 cm³/mol. The number of carbonyl (C=O) groups is 2. The van der Waals surface area contributed by atoms with Crippen molar-refractivity contribution >= 4 is 46.0 Å². The van der Waals surface area contributed by atoms with Crippen LogP contribution in [-0.4, -0.2) is 61.3 Å². The molecule has 1 fully saturated rings. The van der Waals surface area contributed by atoms with Gasteiger partial charge in [0.2, 0.25) is 0 Å². The van der Waals surface area contributed by atoms with Gasteiger partial charge >= 0.3 is 5.97 Å². The summed E-state index contributed by atoms with van der Waals surface area (Å²) in [5, 5.41) is 32.0. The summed E-state index contributed by atoms with van der Waals surface area (Å²) in [7, 11) is 0. The molecule has 0 saturated heterocycles. The van der Waals surface area contributed by atoms with Gasteiger partial charge in [0.05, 0.1) is 22.7 Å². The van der Waals surface area contributed by atoms with Crippen molar-refractivity contribution in [2.24, 2.45) is 5.92 Å². The lowest BCUT2D eigenvalue weighted by atomic mass is 9.92. The largest absolute Gasteiger partial charge is 0.481 e. The van der Waals surface area contributed by atoms with Crippen LogP contribution in [-0.2, 0) is 16.0 Å². The van der Waals surface area contributed by atoms with Crippen molar-refractivity contribution in [2.75, 3.05) is 17.3 Å². The molecule has 0 aliphatic heterocycles. The van der Waals surface area contributed by atoms with Crippen LogP contribution in [0, 0.1) is 5.92 Å². The van der Waals surface area contributed by atoms with Crippen LogP contribution in [0.4, 0.5) is 0 Å². The molecule has 2 aromatic rings. The van der Waals surface area contributed by atoms with Gasteiger partial charge in [0.1, 0.15) is 5.78 Å². The SMILES string of the molecule is CC(O)(C=C[C@@H]1C(SCCCSCC(=O)O)C(=O)C[C@H]1O)Cc1ccc2ccccc2c1. The molecule has 0 spiro atoms. The van der Waals surface area contributed by atoms with Gasteiger partial charge in [0.25, 0.3) is 0 Å². The molecule has 2 unspecified atom stereocenters. The van der Waals surface area contributed by atoms with Crippen molar-refractivity contribution in [3.63, 3.8) is 0 Å². The maximum absolute atomic E-state index is 12.4. The number of thioether (sulfide) groups is 2. The first-order valence-electron chi connectivity index (χ1n) is 10.8. The highest BCUT2D eigenvalue weighted by molar-refractivity contribution is 8.01. The van der Waals surface area contributed by atoms with E-state index in [0.717, 1.165) is 34.3 Å². The summed E-state index contributed by atoms with van der Waals surface area (Å²) in [5.74, 6) is 0.421. The number of carbonyl (C=O) groups excluding carboxylic acids is 1. The third kappa shape index (κ3) is 7.10. The minimum atomic E-state index is -1.10. The molecule has 0 aromatic heterocycles. The van der Waals surface area contributed by atoms with Crippen molar-refractivity contribution < 1.29 is 24.9 Å². The molecule has 4 atom stereocenters. The summed E-state index contributed by atoms with van der Waals surface area (Å²) in [5.41, 5.74) is -0.0811. The van der Waals surface area contributed by atoms with E-state index in [1.54, 1.807) is 19.1 Å². The van der Waals surface area contributed by atoms with Gasteiger partial charge in [-0.15, -0.1) is 11.8 Å². The van der Waals surface area contributed by atoms with Gasteiger partial charge in [-0.3, -0.25) is 9.59 Å². The van der Waals surface area contributed by atoms with Crippen LogP contribution >= 0.6 is 23.5 Å². The number of carboxylic acid groups (broad SMARTS) is 1. The van der Waals surface area contributed by atoms with E-state index in [2.05, 4.69) is 12.1 Å². The Kier molecular flexibility index (Phi) is 8.82. The smallest absolute Gasteiger partial charge is 0.313 e. The van der Waals surface area contributed by atoms with Gasteiger partial charge < -0.3 is 15.3 Å². The Labute approximate surface area is 197 Å². The van der Waals surface area contributed by atoms with E-state index in [1.807, 2.05) is 30.3 Å². The molecule has 0 heterocycles. The molecule has 3 N–H and O–H groups in total. The standard InChI is InChI=1S/C25H30O5S2/c1-25(30,15-17-7-8-18-5-2-3-6-19(18)13-17)10-9-20-21(26)14-22(27)24(20)32-12-4-11-31-16-23(28)29/h2-3,5-10,13,20-21,24,26,30H,4,11-12,14-16H2,1H3,(H,28,29)/t20-,21+,24?,25?/m0/s1. The number of Topliss-reactive ketones (excluding diaryl/α,β-unsaturated/α-hetero) is 1. The molecule has 0 radical (unpaired) electrons. The summed E-state index contributed by atoms with van der Waals surface area (Å²) in [6, 6.07) is 14.2. The van der Waals surface area contributed by atoms with Crippen LogP contribution < -0.4 is 0 Å². The molecule has 7 heteroatoms. The lowest BCUT2D eigenvalue weighted by Gasteiger charge is -2.22. The lowest BCUT2D eigenvalue weighted by molar-refractivity contribution is -0.133. The number of fused-ring (bicyclic) bond motifs is 1. The number of carboxylic acids is 1. The third-order valence-electron chi connectivity index (χ3n) is 5.53. The number of ketones is 1. The van der Waals surface area contributed by atoms with Gasteiger partial charge in [0, 0.05) is 18.8 Å². The molecule has 1 aliphatic carbocycles. The van der Waals surface area contributed by atoms with E-state index in [9.17, 15) is 19.8 Å². The number of aliphatic hydroxyl groups is 2. The molecule has 1 aliphatic rings. The van der Waals surface area contributed by atoms with E-state index in [-0.39, 0.29) is 29.1 Å². The average Bonchev–Trinajstić information content (AvgIpc) is 3.00. The summed E-state index contributed by atoms with van der Waals surface area (Å²) in [4.78, 5) is 22.9. The number of hydrogen-bond donors (Lipinski definition) is 3. The van der Waals surface area contributed by atoms with Gasteiger partial charge in [-0.25, -0.2) is 0 Å². The van der Waals surface area contributed by atoms with E-state index >= 15 is 0 Å². The molecule has 0 bridgehead atoms. The number of aliphatic hydroxyl groups excluding tert-OH is 1. The highest BCUT2D eigenvalue weighted by Gasteiger charge is 2.40. The summed E-state index contributed by atoms with van der Waals surface area (Å²) < 4.78 is 0. The summed E-state index contributed by atoms with van der Waals surface area (Å²) in [6.07, 6.45) is 4.14. The maximum atomic E-state index is 12.4. The monoisotopic (exact) mass is 474 g/mol. The fourth-order valence-corrected chi connectivity index (χ4v) is 6.17. The quantitative estimate of drug-likeness (QED) is 0.335. The summed E-state index contributed by atoms with van der Waals surface area (Å²) >= 11 is 2.88. The minimum absolute atomic E-state index is 0.0320. The Balaban J connectivity index is 1.58. The number of rotatable bonds is 11. The van der Waals surface area contributed by atoms with Crippen LogP contribution in [0.15, 0.2) is 54.6 Å². The highest BCUT2D eigenvalue weighted by Crippen LogP contribution is 2.35. The first-order valence-corrected chi connectivity index (χ1v) is 13.0. The zero-order chi connectivity index (χ0) is 23.1. The first-order chi connectivity index (χ1) is 15.2. The van der Waals surface area contributed by atoms with E-state index in [1.165, 1.54) is 23.5 Å². The fourth-order valence-electron chi connectivity index (χ4n) is 3.98. The molecular weight excluding hydrogens is 444 g/mol. The molecule has 172 valence electrons. The van der Waals surface area contributed by atoms with E-state index in [0.29, 0.717) is 6.42 Å². The number of benzene rings is 2. The first kappa shape index (κ1) is 24.8. The second kappa shape index (κ2) is 11.4. The van der Waals surface area contributed by atoms with Crippen LogP contribution in [0.5, 0.6) is 0 Å². The number of hydrogen-bond acceptors (Lipinski definition) is 6. The molecule has 1 saturated carbocycles. The molecule has 32 heavy (non-hydrogen) atoms. The predicted octanol–water partition coefficient (Wildman–Crippen LogP) is 3.95. The Morgan fingerprint density at radius 2 is 1.94 bits per heavy atom. The molecule has 5 nitrogen and oxygen atoms in total. The van der Waals surface area contributed by atoms with Crippen LogP contribution in [0.3, 0.4) is 0 Å². The Morgan fingerprint density at radius 3 is 2.69 bits per heavy atom. The van der Waals surface area contributed by atoms with Gasteiger partial charge in [0.15, 0.2) is 0 Å². The Bertz CT molecular complexity index is 972. The van der Waals surface area contributed by atoms with Crippen molar-refractivity contribution in [3.8, 4) is 0 Å².